The second kappa shape index (κ2) is 9.75. The Hall–Kier alpha value is -3.19. The Labute approximate surface area is 185 Å². The maximum absolute atomic E-state index is 12.3. The third-order valence-electron chi connectivity index (χ3n) is 5.28. The van der Waals surface area contributed by atoms with E-state index in [1.54, 1.807) is 29.0 Å². The van der Waals surface area contributed by atoms with Crippen molar-refractivity contribution in [1.82, 2.24) is 15.1 Å². The number of esters is 1. The molecule has 0 bridgehead atoms. The average molecular weight is 436 g/mol. The van der Waals surface area contributed by atoms with Crippen LogP contribution < -0.4 is 5.32 Å². The molecule has 1 aromatic carbocycles. The van der Waals surface area contributed by atoms with E-state index in [9.17, 15) is 9.59 Å². The number of amides is 1. The van der Waals surface area contributed by atoms with Gasteiger partial charge in [0, 0.05) is 23.9 Å². The fraction of sp³-hybridized carbons (Fsp3) is 0.292. The first-order valence-electron chi connectivity index (χ1n) is 10.5. The fourth-order valence-electron chi connectivity index (χ4n) is 3.64. The number of carbonyl (C=O) groups is 2. The van der Waals surface area contributed by atoms with Crippen molar-refractivity contribution in [3.63, 3.8) is 0 Å². The number of aromatic nitrogens is 2. The third kappa shape index (κ3) is 5.30. The van der Waals surface area contributed by atoms with Gasteiger partial charge in [-0.1, -0.05) is 37.1 Å². The van der Waals surface area contributed by atoms with Crippen molar-refractivity contribution in [1.29, 1.82) is 0 Å². The molecule has 1 amide bonds. The zero-order valence-electron chi connectivity index (χ0n) is 17.4. The number of hydrogen-bond acceptors (Lipinski definition) is 5. The van der Waals surface area contributed by atoms with Crippen molar-refractivity contribution in [3.05, 3.63) is 65.7 Å². The van der Waals surface area contributed by atoms with Gasteiger partial charge in [-0.2, -0.15) is 5.10 Å². The standard InChI is InChI=1S/C24H25N3O3S/c1-17(24(29)25-19-8-5-6-9-19)30-22(28)14-13-18-16-27(20-10-3-2-4-11-20)26-23(18)21-12-7-15-31-21/h2-4,7,10-17,19H,5-6,8-9H2,1H3,(H,25,29)/b14-13+/t17-/m1/s1. The number of ether oxygens (including phenoxy) is 1. The molecule has 1 N–H and O–H groups in total. The van der Waals surface area contributed by atoms with Gasteiger partial charge in [-0.15, -0.1) is 11.3 Å². The predicted octanol–water partition coefficient (Wildman–Crippen LogP) is 4.60. The average Bonchev–Trinajstić information content (AvgIpc) is 3.54. The van der Waals surface area contributed by atoms with Gasteiger partial charge in [0.25, 0.3) is 5.91 Å². The van der Waals surface area contributed by atoms with Crippen LogP contribution in [0.2, 0.25) is 0 Å². The number of nitrogens with one attached hydrogen (secondary N) is 1. The van der Waals surface area contributed by atoms with Crippen LogP contribution in [0.3, 0.4) is 0 Å². The van der Waals surface area contributed by atoms with Gasteiger partial charge in [-0.3, -0.25) is 4.79 Å². The molecule has 1 saturated carbocycles. The first-order chi connectivity index (χ1) is 15.1. The lowest BCUT2D eigenvalue weighted by Gasteiger charge is -2.16. The highest BCUT2D eigenvalue weighted by molar-refractivity contribution is 7.13. The van der Waals surface area contributed by atoms with E-state index in [1.807, 2.05) is 54.0 Å². The van der Waals surface area contributed by atoms with Crippen LogP contribution in [0.15, 0.2) is 60.1 Å². The normalized spacial score (nSPS) is 15.3. The van der Waals surface area contributed by atoms with Crippen LogP contribution in [0, 0.1) is 0 Å². The molecule has 0 unspecified atom stereocenters. The minimum absolute atomic E-state index is 0.196. The number of hydrogen-bond donors (Lipinski definition) is 1. The molecule has 2 aromatic heterocycles. The van der Waals surface area contributed by atoms with Gasteiger partial charge in [0.2, 0.25) is 0 Å². The topological polar surface area (TPSA) is 73.2 Å². The molecular weight excluding hydrogens is 410 g/mol. The predicted molar refractivity (Wildman–Crippen MR) is 122 cm³/mol. The monoisotopic (exact) mass is 435 g/mol. The molecule has 2 heterocycles. The molecule has 3 aromatic rings. The summed E-state index contributed by atoms with van der Waals surface area (Å²) < 4.78 is 7.09. The number of rotatable bonds is 7. The summed E-state index contributed by atoms with van der Waals surface area (Å²) in [6.45, 7) is 1.60. The van der Waals surface area contributed by atoms with Crippen molar-refractivity contribution >= 4 is 29.3 Å². The highest BCUT2D eigenvalue weighted by Gasteiger charge is 2.22. The summed E-state index contributed by atoms with van der Waals surface area (Å²) >= 11 is 1.58. The summed E-state index contributed by atoms with van der Waals surface area (Å²) in [6, 6.07) is 13.9. The Morgan fingerprint density at radius 2 is 1.97 bits per heavy atom. The van der Waals surface area contributed by atoms with Crippen molar-refractivity contribution in [2.45, 2.75) is 44.8 Å². The van der Waals surface area contributed by atoms with E-state index < -0.39 is 12.1 Å². The molecule has 160 valence electrons. The molecule has 6 nitrogen and oxygen atoms in total. The number of benzene rings is 1. The Bertz CT molecular complexity index is 1050. The van der Waals surface area contributed by atoms with E-state index in [2.05, 4.69) is 5.32 Å². The summed E-state index contributed by atoms with van der Waals surface area (Å²) in [7, 11) is 0. The van der Waals surface area contributed by atoms with Crippen LogP contribution in [-0.4, -0.2) is 33.8 Å². The van der Waals surface area contributed by atoms with E-state index in [0.29, 0.717) is 0 Å². The van der Waals surface area contributed by atoms with E-state index in [0.717, 1.165) is 47.5 Å². The lowest BCUT2D eigenvalue weighted by molar-refractivity contribution is -0.150. The first kappa shape index (κ1) is 21.1. The molecule has 1 aliphatic carbocycles. The van der Waals surface area contributed by atoms with Gasteiger partial charge in [-0.05, 0) is 49.4 Å². The number of carbonyl (C=O) groups excluding carboxylic acids is 2. The molecule has 0 aliphatic heterocycles. The van der Waals surface area contributed by atoms with Crippen LogP contribution in [0.25, 0.3) is 22.3 Å². The SMILES string of the molecule is C[C@@H](OC(=O)/C=C/c1cn(-c2ccccc2)nc1-c1cccs1)C(=O)NC1CCCC1. The first-order valence-corrected chi connectivity index (χ1v) is 11.4. The largest absolute Gasteiger partial charge is 0.449 e. The molecule has 1 aliphatic rings. The molecular formula is C24H25N3O3S. The van der Waals surface area contributed by atoms with Gasteiger partial charge in [0.15, 0.2) is 6.10 Å². The zero-order valence-corrected chi connectivity index (χ0v) is 18.2. The van der Waals surface area contributed by atoms with Crippen molar-refractivity contribution in [2.24, 2.45) is 0 Å². The summed E-state index contributed by atoms with van der Waals surface area (Å²) in [6.07, 6.45) is 8.32. The van der Waals surface area contributed by atoms with Crippen LogP contribution in [0.4, 0.5) is 0 Å². The Kier molecular flexibility index (Phi) is 6.62. The number of para-hydroxylation sites is 1. The maximum Gasteiger partial charge on any atom is 0.331 e. The summed E-state index contributed by atoms with van der Waals surface area (Å²) in [5, 5.41) is 9.65. The van der Waals surface area contributed by atoms with E-state index in [-0.39, 0.29) is 11.9 Å². The summed E-state index contributed by atoms with van der Waals surface area (Å²) in [5.41, 5.74) is 2.51. The highest BCUT2D eigenvalue weighted by Crippen LogP contribution is 2.28. The summed E-state index contributed by atoms with van der Waals surface area (Å²) in [5.74, 6) is -0.802. The lowest BCUT2D eigenvalue weighted by Crippen LogP contribution is -2.40. The lowest BCUT2D eigenvalue weighted by atomic mass is 10.2. The summed E-state index contributed by atoms with van der Waals surface area (Å²) in [4.78, 5) is 25.6. The Balaban J connectivity index is 1.46. The highest BCUT2D eigenvalue weighted by atomic mass is 32.1. The van der Waals surface area contributed by atoms with Crippen LogP contribution in [-0.2, 0) is 14.3 Å². The van der Waals surface area contributed by atoms with Gasteiger partial charge in [0.05, 0.1) is 10.6 Å². The zero-order chi connectivity index (χ0) is 21.6. The minimum Gasteiger partial charge on any atom is -0.449 e. The second-order valence-electron chi connectivity index (χ2n) is 7.59. The Morgan fingerprint density at radius 3 is 2.68 bits per heavy atom. The number of nitrogens with zero attached hydrogens (tertiary/aromatic N) is 2. The van der Waals surface area contributed by atoms with Crippen LogP contribution in [0.1, 0.15) is 38.2 Å². The number of thiophene rings is 1. The fourth-order valence-corrected chi connectivity index (χ4v) is 4.37. The maximum atomic E-state index is 12.3. The van der Waals surface area contributed by atoms with Gasteiger partial charge >= 0.3 is 5.97 Å². The smallest absolute Gasteiger partial charge is 0.331 e. The van der Waals surface area contributed by atoms with E-state index >= 15 is 0 Å². The molecule has 1 atom stereocenters. The van der Waals surface area contributed by atoms with Gasteiger partial charge in [0.1, 0.15) is 5.69 Å². The molecule has 7 heteroatoms. The van der Waals surface area contributed by atoms with Gasteiger partial charge < -0.3 is 10.1 Å². The second-order valence-corrected chi connectivity index (χ2v) is 8.54. The molecule has 1 fully saturated rings. The quantitative estimate of drug-likeness (QED) is 0.435. The van der Waals surface area contributed by atoms with E-state index in [4.69, 9.17) is 9.84 Å². The molecule has 4 rings (SSSR count). The van der Waals surface area contributed by atoms with Crippen LogP contribution in [0.5, 0.6) is 0 Å². The van der Waals surface area contributed by atoms with Crippen molar-refractivity contribution < 1.29 is 14.3 Å². The van der Waals surface area contributed by atoms with E-state index in [1.165, 1.54) is 6.08 Å². The minimum atomic E-state index is -0.832. The molecule has 0 radical (unpaired) electrons. The van der Waals surface area contributed by atoms with Crippen molar-refractivity contribution in [2.75, 3.05) is 0 Å². The van der Waals surface area contributed by atoms with Crippen LogP contribution >= 0.6 is 11.3 Å². The Morgan fingerprint density at radius 1 is 1.19 bits per heavy atom. The molecule has 0 spiro atoms. The molecule has 31 heavy (non-hydrogen) atoms. The van der Waals surface area contributed by atoms with Gasteiger partial charge in [-0.25, -0.2) is 9.48 Å². The van der Waals surface area contributed by atoms with Crippen molar-refractivity contribution in [3.8, 4) is 16.3 Å². The third-order valence-corrected chi connectivity index (χ3v) is 6.16. The molecule has 0 saturated heterocycles.